The van der Waals surface area contributed by atoms with Crippen LogP contribution in [0.25, 0.3) is 0 Å². The summed E-state index contributed by atoms with van der Waals surface area (Å²) in [5.41, 5.74) is 1.71. The molecule has 1 fully saturated rings. The Morgan fingerprint density at radius 1 is 1.15 bits per heavy atom. The predicted molar refractivity (Wildman–Crippen MR) is 98.8 cm³/mol. The van der Waals surface area contributed by atoms with Crippen LogP contribution in [0.15, 0.2) is 41.1 Å². The van der Waals surface area contributed by atoms with Crippen molar-refractivity contribution in [3.05, 3.63) is 47.7 Å². The summed E-state index contributed by atoms with van der Waals surface area (Å²) in [6.07, 6.45) is 7.28. The molecule has 1 aromatic carbocycles. The molecule has 2 amide bonds. The van der Waals surface area contributed by atoms with Crippen LogP contribution in [0.5, 0.6) is 0 Å². The summed E-state index contributed by atoms with van der Waals surface area (Å²) >= 11 is 0. The number of benzene rings is 1. The van der Waals surface area contributed by atoms with Crippen LogP contribution in [0.3, 0.4) is 0 Å². The molecule has 3 rings (SSSR count). The van der Waals surface area contributed by atoms with Gasteiger partial charge in [0.15, 0.2) is 5.82 Å². The summed E-state index contributed by atoms with van der Waals surface area (Å²) in [4.78, 5) is 27.0. The smallest absolute Gasteiger partial charge is 0.254 e. The van der Waals surface area contributed by atoms with Crippen molar-refractivity contribution < 1.29 is 14.1 Å². The average Bonchev–Trinajstić information content (AvgIpc) is 3.15. The number of anilines is 1. The minimum Gasteiger partial charge on any atom is -0.363 e. The number of hydrogen-bond donors (Lipinski definition) is 1. The highest BCUT2D eigenvalue weighted by molar-refractivity contribution is 5.99. The van der Waals surface area contributed by atoms with E-state index in [-0.39, 0.29) is 18.4 Å². The Bertz CT molecular complexity index is 719. The highest BCUT2D eigenvalue weighted by atomic mass is 16.5. The maximum atomic E-state index is 13.0. The Labute approximate surface area is 153 Å². The average molecular weight is 355 g/mol. The second-order valence-electron chi connectivity index (χ2n) is 6.99. The van der Waals surface area contributed by atoms with Crippen LogP contribution in [0.1, 0.15) is 48.0 Å². The van der Waals surface area contributed by atoms with Crippen LogP contribution in [-0.4, -0.2) is 35.0 Å². The fourth-order valence-corrected chi connectivity index (χ4v) is 3.41. The summed E-state index contributed by atoms with van der Waals surface area (Å²) in [6, 6.07) is 9.05. The van der Waals surface area contributed by atoms with Gasteiger partial charge in [-0.2, -0.15) is 0 Å². The third kappa shape index (κ3) is 4.94. The lowest BCUT2D eigenvalue weighted by Gasteiger charge is -2.29. The van der Waals surface area contributed by atoms with Gasteiger partial charge in [-0.05, 0) is 37.8 Å². The lowest BCUT2D eigenvalue weighted by Crippen LogP contribution is -2.41. The molecular weight excluding hydrogens is 330 g/mol. The van der Waals surface area contributed by atoms with Gasteiger partial charge >= 0.3 is 0 Å². The number of aromatic nitrogens is 1. The van der Waals surface area contributed by atoms with Crippen molar-refractivity contribution in [1.29, 1.82) is 0 Å². The molecule has 0 radical (unpaired) electrons. The number of aryl methyl sites for hydroxylation is 1. The number of rotatable bonds is 6. The molecule has 138 valence electrons. The molecule has 1 aliphatic carbocycles. The van der Waals surface area contributed by atoms with Crippen LogP contribution in [0.2, 0.25) is 0 Å². The Hall–Kier alpha value is -2.63. The minimum atomic E-state index is -0.268. The van der Waals surface area contributed by atoms with Gasteiger partial charge in [-0.3, -0.25) is 9.59 Å². The Balaban J connectivity index is 1.70. The number of carbonyl (C=O) groups is 2. The first kappa shape index (κ1) is 18.2. The normalized spacial score (nSPS) is 14.8. The molecule has 0 spiro atoms. The van der Waals surface area contributed by atoms with Crippen molar-refractivity contribution in [3.63, 3.8) is 0 Å². The molecule has 1 heterocycles. The molecule has 0 saturated heterocycles. The van der Waals surface area contributed by atoms with Crippen molar-refractivity contribution in [2.24, 2.45) is 5.92 Å². The van der Waals surface area contributed by atoms with Gasteiger partial charge in [0.05, 0.1) is 0 Å². The van der Waals surface area contributed by atoms with Crippen molar-refractivity contribution in [3.8, 4) is 0 Å². The first-order valence-electron chi connectivity index (χ1n) is 9.18. The molecule has 6 nitrogen and oxygen atoms in total. The zero-order valence-corrected chi connectivity index (χ0v) is 15.1. The molecule has 1 N–H and O–H groups in total. The maximum absolute atomic E-state index is 13.0. The van der Waals surface area contributed by atoms with Crippen LogP contribution < -0.4 is 5.32 Å². The molecule has 26 heavy (non-hydrogen) atoms. The van der Waals surface area contributed by atoms with Gasteiger partial charge in [-0.1, -0.05) is 42.1 Å². The van der Waals surface area contributed by atoms with E-state index in [1.807, 2.05) is 31.2 Å². The summed E-state index contributed by atoms with van der Waals surface area (Å²) in [5, 5.41) is 6.35. The second kappa shape index (κ2) is 8.65. The predicted octanol–water partition coefficient (Wildman–Crippen LogP) is 3.64. The van der Waals surface area contributed by atoms with E-state index in [9.17, 15) is 9.59 Å². The first-order valence-corrected chi connectivity index (χ1v) is 9.18. The van der Waals surface area contributed by atoms with E-state index in [1.54, 1.807) is 11.0 Å². The lowest BCUT2D eigenvalue weighted by molar-refractivity contribution is -0.117. The van der Waals surface area contributed by atoms with E-state index in [2.05, 4.69) is 10.5 Å². The number of carbonyl (C=O) groups excluding carboxylic acids is 2. The summed E-state index contributed by atoms with van der Waals surface area (Å²) in [6.45, 7) is 2.61. The third-order valence-electron chi connectivity index (χ3n) is 4.83. The molecule has 1 saturated carbocycles. The topological polar surface area (TPSA) is 75.4 Å². The van der Waals surface area contributed by atoms with Gasteiger partial charge in [0.25, 0.3) is 5.91 Å². The highest BCUT2D eigenvalue weighted by Gasteiger charge is 2.24. The molecule has 2 aromatic rings. The Morgan fingerprint density at radius 2 is 1.88 bits per heavy atom. The monoisotopic (exact) mass is 355 g/mol. The SMILES string of the molecule is Cc1ccc(C(=O)N(CC(=O)Nc2ccon2)CC2CCCCC2)cc1. The molecule has 6 heteroatoms. The summed E-state index contributed by atoms with van der Waals surface area (Å²) in [7, 11) is 0. The van der Waals surface area contributed by atoms with Gasteiger partial charge in [0.2, 0.25) is 5.91 Å². The van der Waals surface area contributed by atoms with E-state index < -0.39 is 0 Å². The molecule has 0 unspecified atom stereocenters. The van der Waals surface area contributed by atoms with Crippen LogP contribution in [-0.2, 0) is 4.79 Å². The van der Waals surface area contributed by atoms with E-state index in [0.29, 0.717) is 23.8 Å². The van der Waals surface area contributed by atoms with Gasteiger partial charge in [-0.15, -0.1) is 0 Å². The van der Waals surface area contributed by atoms with Gasteiger partial charge in [-0.25, -0.2) is 0 Å². The Morgan fingerprint density at radius 3 is 2.54 bits per heavy atom. The van der Waals surface area contributed by atoms with Crippen LogP contribution in [0, 0.1) is 12.8 Å². The molecular formula is C20H25N3O3. The van der Waals surface area contributed by atoms with E-state index >= 15 is 0 Å². The summed E-state index contributed by atoms with van der Waals surface area (Å²) in [5.74, 6) is 0.439. The largest absolute Gasteiger partial charge is 0.363 e. The lowest BCUT2D eigenvalue weighted by atomic mass is 9.89. The van der Waals surface area contributed by atoms with E-state index in [4.69, 9.17) is 4.52 Å². The number of nitrogens with zero attached hydrogens (tertiary/aromatic N) is 2. The number of hydrogen-bond acceptors (Lipinski definition) is 4. The summed E-state index contributed by atoms with van der Waals surface area (Å²) < 4.78 is 4.72. The molecule has 0 aliphatic heterocycles. The molecule has 0 atom stereocenters. The van der Waals surface area contributed by atoms with Crippen LogP contribution >= 0.6 is 0 Å². The fourth-order valence-electron chi connectivity index (χ4n) is 3.41. The van der Waals surface area contributed by atoms with Gasteiger partial charge < -0.3 is 14.7 Å². The van der Waals surface area contributed by atoms with Crippen molar-refractivity contribution in [2.75, 3.05) is 18.4 Å². The second-order valence-corrected chi connectivity index (χ2v) is 6.99. The van der Waals surface area contributed by atoms with Crippen LogP contribution in [0.4, 0.5) is 5.82 Å². The third-order valence-corrected chi connectivity index (χ3v) is 4.83. The van der Waals surface area contributed by atoms with Gasteiger partial charge in [0.1, 0.15) is 12.8 Å². The van der Waals surface area contributed by atoms with Crippen molar-refractivity contribution in [2.45, 2.75) is 39.0 Å². The quantitative estimate of drug-likeness (QED) is 0.858. The molecule has 1 aromatic heterocycles. The standard InChI is InChI=1S/C20H25N3O3/c1-15-7-9-17(10-8-15)20(25)23(13-16-5-3-2-4-6-16)14-19(24)21-18-11-12-26-22-18/h7-12,16H,2-6,13-14H2,1H3,(H,21,22,24). The fraction of sp³-hybridized carbons (Fsp3) is 0.450. The van der Waals surface area contributed by atoms with Gasteiger partial charge in [0, 0.05) is 18.2 Å². The Kier molecular flexibility index (Phi) is 6.04. The van der Waals surface area contributed by atoms with E-state index in [1.165, 1.54) is 25.5 Å². The first-order chi connectivity index (χ1) is 12.6. The molecule has 0 bridgehead atoms. The maximum Gasteiger partial charge on any atom is 0.254 e. The van der Waals surface area contributed by atoms with Crippen molar-refractivity contribution >= 4 is 17.6 Å². The van der Waals surface area contributed by atoms with Crippen molar-refractivity contribution in [1.82, 2.24) is 10.1 Å². The minimum absolute atomic E-state index is 0.00999. The molecule has 1 aliphatic rings. The highest BCUT2D eigenvalue weighted by Crippen LogP contribution is 2.25. The zero-order valence-electron chi connectivity index (χ0n) is 15.1. The number of nitrogens with one attached hydrogen (secondary N) is 1. The zero-order chi connectivity index (χ0) is 18.4. The van der Waals surface area contributed by atoms with E-state index in [0.717, 1.165) is 18.4 Å². The number of amides is 2.